The molecular formula is C14H19N3O4S. The third-order valence-corrected chi connectivity index (χ3v) is 5.83. The Labute approximate surface area is 129 Å². The van der Waals surface area contributed by atoms with Crippen molar-refractivity contribution in [2.45, 2.75) is 31.0 Å². The Hall–Kier alpha value is -1.64. The van der Waals surface area contributed by atoms with E-state index in [4.69, 9.17) is 8.83 Å². The van der Waals surface area contributed by atoms with Gasteiger partial charge in [-0.3, -0.25) is 4.90 Å². The van der Waals surface area contributed by atoms with Crippen LogP contribution in [0, 0.1) is 6.92 Å². The lowest BCUT2D eigenvalue weighted by molar-refractivity contribution is 0.238. The molecule has 1 aliphatic heterocycles. The highest BCUT2D eigenvalue weighted by molar-refractivity contribution is 7.89. The van der Waals surface area contributed by atoms with E-state index in [1.807, 2.05) is 14.0 Å². The second-order valence-corrected chi connectivity index (χ2v) is 7.38. The fraction of sp³-hybridized carbons (Fsp3) is 0.500. The zero-order chi connectivity index (χ0) is 15.7. The molecule has 3 rings (SSSR count). The molecule has 2 aromatic rings. The lowest BCUT2D eigenvalue weighted by atomic mass is 10.2. The number of rotatable bonds is 5. The number of likely N-dealkylation sites (N-methyl/N-ethyl adjacent to an activating group) is 1. The maximum absolute atomic E-state index is 12.4. The Balaban J connectivity index is 1.66. The summed E-state index contributed by atoms with van der Waals surface area (Å²) in [6.07, 6.45) is 3.59. The summed E-state index contributed by atoms with van der Waals surface area (Å²) < 4.78 is 36.6. The molecule has 0 saturated carbocycles. The highest BCUT2D eigenvalue weighted by Gasteiger charge is 2.35. The Morgan fingerprint density at radius 2 is 2.27 bits per heavy atom. The molecule has 0 spiro atoms. The van der Waals surface area contributed by atoms with E-state index in [9.17, 15) is 8.42 Å². The van der Waals surface area contributed by atoms with E-state index in [2.05, 4.69) is 9.88 Å². The van der Waals surface area contributed by atoms with Crippen LogP contribution >= 0.6 is 0 Å². The van der Waals surface area contributed by atoms with Crippen molar-refractivity contribution in [1.82, 2.24) is 14.2 Å². The van der Waals surface area contributed by atoms with Gasteiger partial charge in [0.15, 0.2) is 6.39 Å². The summed E-state index contributed by atoms with van der Waals surface area (Å²) in [5.74, 6) is 0.796. The standard InChI is InChI=1S/C14H19N3O4S/c1-11-13(15-10-21-11)9-16(2)12-5-6-17(8-12)22(18,19)14-4-3-7-20-14/h3-4,7,10,12H,5-6,8-9H2,1-2H3. The summed E-state index contributed by atoms with van der Waals surface area (Å²) in [5, 5.41) is 0.00292. The largest absolute Gasteiger partial charge is 0.452 e. The molecule has 8 heteroatoms. The monoisotopic (exact) mass is 325 g/mol. The Morgan fingerprint density at radius 1 is 1.45 bits per heavy atom. The van der Waals surface area contributed by atoms with Gasteiger partial charge >= 0.3 is 0 Å². The van der Waals surface area contributed by atoms with Gasteiger partial charge in [-0.1, -0.05) is 0 Å². The van der Waals surface area contributed by atoms with Gasteiger partial charge < -0.3 is 8.83 Å². The minimum Gasteiger partial charge on any atom is -0.452 e. The highest BCUT2D eigenvalue weighted by Crippen LogP contribution is 2.24. The quantitative estimate of drug-likeness (QED) is 0.828. The van der Waals surface area contributed by atoms with Gasteiger partial charge in [0.25, 0.3) is 10.0 Å². The number of aryl methyl sites for hydroxylation is 1. The predicted octanol–water partition coefficient (Wildman–Crippen LogP) is 1.47. The van der Waals surface area contributed by atoms with Crippen LogP contribution in [0.5, 0.6) is 0 Å². The van der Waals surface area contributed by atoms with Gasteiger partial charge in [0.05, 0.1) is 12.0 Å². The summed E-state index contributed by atoms with van der Waals surface area (Å²) in [5.41, 5.74) is 0.884. The fourth-order valence-electron chi connectivity index (χ4n) is 2.67. The smallest absolute Gasteiger partial charge is 0.276 e. The molecule has 1 fully saturated rings. The van der Waals surface area contributed by atoms with Crippen molar-refractivity contribution in [2.75, 3.05) is 20.1 Å². The number of oxazole rings is 1. The fourth-order valence-corrected chi connectivity index (χ4v) is 4.07. The van der Waals surface area contributed by atoms with Gasteiger partial charge in [0.2, 0.25) is 5.09 Å². The van der Waals surface area contributed by atoms with Crippen molar-refractivity contribution < 1.29 is 17.3 Å². The van der Waals surface area contributed by atoms with Crippen LogP contribution in [0.25, 0.3) is 0 Å². The maximum atomic E-state index is 12.4. The van der Waals surface area contributed by atoms with Crippen molar-refractivity contribution in [1.29, 1.82) is 0 Å². The van der Waals surface area contributed by atoms with Crippen molar-refractivity contribution >= 4 is 10.0 Å². The summed E-state index contributed by atoms with van der Waals surface area (Å²) in [6, 6.07) is 3.21. The molecule has 0 aromatic carbocycles. The summed E-state index contributed by atoms with van der Waals surface area (Å²) >= 11 is 0. The van der Waals surface area contributed by atoms with Crippen molar-refractivity contribution in [2.24, 2.45) is 0 Å². The average molecular weight is 325 g/mol. The predicted molar refractivity (Wildman–Crippen MR) is 78.6 cm³/mol. The topological polar surface area (TPSA) is 79.8 Å². The maximum Gasteiger partial charge on any atom is 0.276 e. The van der Waals surface area contributed by atoms with Crippen LogP contribution in [0.2, 0.25) is 0 Å². The van der Waals surface area contributed by atoms with Gasteiger partial charge in [-0.2, -0.15) is 4.31 Å². The molecule has 1 aliphatic rings. The molecule has 7 nitrogen and oxygen atoms in total. The molecule has 1 unspecified atom stereocenters. The zero-order valence-corrected chi connectivity index (χ0v) is 13.4. The molecule has 1 atom stereocenters. The minimum absolute atomic E-state index is 0.00292. The molecule has 1 saturated heterocycles. The third kappa shape index (κ3) is 2.81. The van der Waals surface area contributed by atoms with E-state index >= 15 is 0 Å². The second-order valence-electron chi connectivity index (χ2n) is 5.51. The van der Waals surface area contributed by atoms with Crippen LogP contribution in [0.3, 0.4) is 0 Å². The average Bonchev–Trinajstić information content (AvgIpc) is 3.20. The molecule has 0 amide bonds. The molecule has 120 valence electrons. The third-order valence-electron chi connectivity index (χ3n) is 4.08. The van der Waals surface area contributed by atoms with Crippen LogP contribution < -0.4 is 0 Å². The first kappa shape index (κ1) is 15.3. The van der Waals surface area contributed by atoms with E-state index < -0.39 is 10.0 Å². The van der Waals surface area contributed by atoms with Gasteiger partial charge in [0, 0.05) is 25.7 Å². The molecule has 0 N–H and O–H groups in total. The van der Waals surface area contributed by atoms with Crippen LogP contribution in [-0.2, 0) is 16.6 Å². The molecule has 3 heterocycles. The van der Waals surface area contributed by atoms with Gasteiger partial charge in [-0.15, -0.1) is 0 Å². The SMILES string of the molecule is Cc1ocnc1CN(C)C1CCN(S(=O)(=O)c2ccco2)C1. The molecular weight excluding hydrogens is 306 g/mol. The molecule has 2 aromatic heterocycles. The van der Waals surface area contributed by atoms with Crippen molar-refractivity contribution in [3.05, 3.63) is 36.2 Å². The summed E-state index contributed by atoms with van der Waals surface area (Å²) in [4.78, 5) is 6.29. The molecule has 0 radical (unpaired) electrons. The molecule has 0 aliphatic carbocycles. The lowest BCUT2D eigenvalue weighted by Gasteiger charge is -2.23. The van der Waals surface area contributed by atoms with E-state index in [1.165, 1.54) is 23.0 Å². The van der Waals surface area contributed by atoms with Crippen molar-refractivity contribution in [3.63, 3.8) is 0 Å². The Kier molecular flexibility index (Phi) is 4.07. The Bertz CT molecular complexity index is 723. The molecule has 0 bridgehead atoms. The number of aromatic nitrogens is 1. The normalized spacial score (nSPS) is 20.0. The van der Waals surface area contributed by atoms with E-state index in [0.29, 0.717) is 19.6 Å². The second kappa shape index (κ2) is 5.86. The number of furan rings is 1. The first-order valence-corrected chi connectivity index (χ1v) is 8.55. The number of hydrogen-bond donors (Lipinski definition) is 0. The van der Waals surface area contributed by atoms with Crippen LogP contribution in [-0.4, -0.2) is 48.8 Å². The summed E-state index contributed by atoms with van der Waals surface area (Å²) in [7, 11) is -1.55. The summed E-state index contributed by atoms with van der Waals surface area (Å²) in [6.45, 7) is 3.46. The van der Waals surface area contributed by atoms with Crippen LogP contribution in [0.1, 0.15) is 17.9 Å². The number of nitrogens with zero attached hydrogens (tertiary/aromatic N) is 3. The van der Waals surface area contributed by atoms with Crippen LogP contribution in [0.4, 0.5) is 0 Å². The van der Waals surface area contributed by atoms with Gasteiger partial charge in [0.1, 0.15) is 5.76 Å². The zero-order valence-electron chi connectivity index (χ0n) is 12.6. The lowest BCUT2D eigenvalue weighted by Crippen LogP contribution is -2.36. The Morgan fingerprint density at radius 3 is 2.91 bits per heavy atom. The number of hydrogen-bond acceptors (Lipinski definition) is 6. The van der Waals surface area contributed by atoms with E-state index in [1.54, 1.807) is 6.07 Å². The van der Waals surface area contributed by atoms with Crippen molar-refractivity contribution in [3.8, 4) is 0 Å². The van der Waals surface area contributed by atoms with Gasteiger partial charge in [-0.05, 0) is 32.5 Å². The minimum atomic E-state index is -3.53. The van der Waals surface area contributed by atoms with E-state index in [0.717, 1.165) is 17.9 Å². The first-order chi connectivity index (χ1) is 10.5. The molecule has 22 heavy (non-hydrogen) atoms. The first-order valence-electron chi connectivity index (χ1n) is 7.11. The highest BCUT2D eigenvalue weighted by atomic mass is 32.2. The van der Waals surface area contributed by atoms with Gasteiger partial charge in [-0.25, -0.2) is 13.4 Å². The van der Waals surface area contributed by atoms with Crippen LogP contribution in [0.15, 0.2) is 38.7 Å². The number of sulfonamides is 1. The van der Waals surface area contributed by atoms with E-state index in [-0.39, 0.29) is 11.1 Å².